The summed E-state index contributed by atoms with van der Waals surface area (Å²) in [5, 5.41) is 10.7. The molecule has 1 N–H and O–H groups in total. The summed E-state index contributed by atoms with van der Waals surface area (Å²) >= 11 is 0. The van der Waals surface area contributed by atoms with Crippen LogP contribution in [-0.2, 0) is 16.0 Å². The van der Waals surface area contributed by atoms with E-state index in [1.165, 1.54) is 0 Å². The maximum absolute atomic E-state index is 12.6. The highest BCUT2D eigenvalue weighted by Crippen LogP contribution is 2.42. The zero-order valence-electron chi connectivity index (χ0n) is 15.9. The second-order valence-electron chi connectivity index (χ2n) is 7.58. The largest absolute Gasteiger partial charge is 0.497 e. The molecule has 2 aliphatic heterocycles. The molecule has 0 bridgehead atoms. The summed E-state index contributed by atoms with van der Waals surface area (Å²) in [5.74, 6) is 1.42. The topological polar surface area (TPSA) is 68.2 Å². The average Bonchev–Trinajstić information content (AvgIpc) is 2.97. The molecule has 2 heterocycles. The van der Waals surface area contributed by atoms with Gasteiger partial charge >= 0.3 is 0 Å². The Labute approximate surface area is 155 Å². The number of aliphatic hydroxyl groups is 1. The van der Waals surface area contributed by atoms with Crippen molar-refractivity contribution in [3.8, 4) is 11.5 Å². The van der Waals surface area contributed by atoms with Crippen molar-refractivity contribution in [1.82, 2.24) is 4.90 Å². The van der Waals surface area contributed by atoms with Crippen molar-refractivity contribution >= 4 is 5.91 Å². The fourth-order valence-corrected chi connectivity index (χ4v) is 3.98. The highest BCUT2D eigenvalue weighted by Gasteiger charge is 2.55. The van der Waals surface area contributed by atoms with E-state index in [9.17, 15) is 9.90 Å². The van der Waals surface area contributed by atoms with Gasteiger partial charge in [0, 0.05) is 12.0 Å². The number of methoxy groups -OCH3 is 2. The molecule has 1 atom stereocenters. The second kappa shape index (κ2) is 7.45. The summed E-state index contributed by atoms with van der Waals surface area (Å²) in [5.41, 5.74) is -0.290. The minimum absolute atomic E-state index is 0.0368. The third-order valence-electron chi connectivity index (χ3n) is 5.43. The fraction of sp³-hybridized carbons (Fsp3) is 0.650. The Kier molecular flexibility index (Phi) is 5.44. The van der Waals surface area contributed by atoms with E-state index in [0.29, 0.717) is 37.6 Å². The van der Waals surface area contributed by atoms with Crippen LogP contribution in [0.4, 0.5) is 0 Å². The van der Waals surface area contributed by atoms with Crippen molar-refractivity contribution in [3.05, 3.63) is 23.8 Å². The number of carbonyl (C=O) groups is 1. The molecule has 6 heteroatoms. The van der Waals surface area contributed by atoms with Gasteiger partial charge in [0.2, 0.25) is 5.91 Å². The van der Waals surface area contributed by atoms with Crippen LogP contribution < -0.4 is 9.47 Å². The molecule has 0 aliphatic carbocycles. The van der Waals surface area contributed by atoms with Gasteiger partial charge in [0.25, 0.3) is 0 Å². The van der Waals surface area contributed by atoms with Crippen LogP contribution in [0.15, 0.2) is 18.2 Å². The number of amides is 1. The number of unbranched alkanes of at least 4 members (excludes halogenated alkanes) is 1. The highest BCUT2D eigenvalue weighted by atomic mass is 16.5. The third-order valence-corrected chi connectivity index (χ3v) is 5.43. The zero-order chi connectivity index (χ0) is 18.8. The minimum Gasteiger partial charge on any atom is -0.497 e. The van der Waals surface area contributed by atoms with Gasteiger partial charge in [-0.25, -0.2) is 0 Å². The summed E-state index contributed by atoms with van der Waals surface area (Å²) in [6.07, 6.45) is 3.69. The van der Waals surface area contributed by atoms with Crippen LogP contribution in [-0.4, -0.2) is 61.0 Å². The molecule has 2 saturated heterocycles. The lowest BCUT2D eigenvalue weighted by molar-refractivity contribution is -0.157. The van der Waals surface area contributed by atoms with Crippen LogP contribution in [0.3, 0.4) is 0 Å². The molecule has 1 amide bonds. The molecule has 0 aromatic heterocycles. The van der Waals surface area contributed by atoms with E-state index in [1.54, 1.807) is 19.1 Å². The number of likely N-dealkylation sites (tertiary alicyclic amines) is 1. The first kappa shape index (κ1) is 19.0. The van der Waals surface area contributed by atoms with Crippen molar-refractivity contribution in [2.45, 2.75) is 50.2 Å². The van der Waals surface area contributed by atoms with Gasteiger partial charge in [-0.05, 0) is 24.6 Å². The van der Waals surface area contributed by atoms with E-state index in [-0.39, 0.29) is 17.9 Å². The van der Waals surface area contributed by atoms with E-state index in [2.05, 4.69) is 6.92 Å². The average molecular weight is 363 g/mol. The number of carbonyl (C=O) groups excluding carboxylic acids is 1. The third kappa shape index (κ3) is 3.81. The van der Waals surface area contributed by atoms with Gasteiger partial charge in [0.1, 0.15) is 17.1 Å². The molecule has 26 heavy (non-hydrogen) atoms. The molecule has 1 unspecified atom stereocenters. The Bertz CT molecular complexity index is 656. The van der Waals surface area contributed by atoms with E-state index in [0.717, 1.165) is 24.8 Å². The number of benzene rings is 1. The predicted octanol–water partition coefficient (Wildman–Crippen LogP) is 2.17. The second-order valence-corrected chi connectivity index (χ2v) is 7.58. The normalized spacial score (nSPS) is 23.8. The lowest BCUT2D eigenvalue weighted by Crippen LogP contribution is -2.64. The molecule has 1 aromatic rings. The summed E-state index contributed by atoms with van der Waals surface area (Å²) < 4.78 is 16.5. The van der Waals surface area contributed by atoms with Gasteiger partial charge in [-0.15, -0.1) is 0 Å². The Balaban J connectivity index is 1.58. The van der Waals surface area contributed by atoms with Crippen molar-refractivity contribution in [3.63, 3.8) is 0 Å². The molecular weight excluding hydrogens is 334 g/mol. The standard InChI is InChI=1S/C20H29NO5/c1-4-5-8-19(23)11-20(26-14-19)12-21(13-20)18(22)10-15-9-16(24-2)6-7-17(15)25-3/h6-7,9,23H,4-5,8,10-14H2,1-3H3. The quantitative estimate of drug-likeness (QED) is 0.804. The maximum atomic E-state index is 12.6. The van der Waals surface area contributed by atoms with Crippen LogP contribution >= 0.6 is 0 Å². The number of rotatable bonds is 7. The molecule has 1 spiro atoms. The monoisotopic (exact) mass is 363 g/mol. The van der Waals surface area contributed by atoms with Crippen LogP contribution in [0.2, 0.25) is 0 Å². The maximum Gasteiger partial charge on any atom is 0.227 e. The predicted molar refractivity (Wildman–Crippen MR) is 97.6 cm³/mol. The van der Waals surface area contributed by atoms with Crippen molar-refractivity contribution in [2.75, 3.05) is 33.9 Å². The lowest BCUT2D eigenvalue weighted by atomic mass is 9.82. The molecule has 2 fully saturated rings. The summed E-state index contributed by atoms with van der Waals surface area (Å²) in [7, 11) is 3.20. The van der Waals surface area contributed by atoms with Crippen molar-refractivity contribution in [2.24, 2.45) is 0 Å². The van der Waals surface area contributed by atoms with Crippen molar-refractivity contribution in [1.29, 1.82) is 0 Å². The van der Waals surface area contributed by atoms with Gasteiger partial charge in [0.05, 0.1) is 45.9 Å². The molecule has 2 aliphatic rings. The van der Waals surface area contributed by atoms with Crippen molar-refractivity contribution < 1.29 is 24.1 Å². The first-order valence-electron chi connectivity index (χ1n) is 9.27. The van der Waals surface area contributed by atoms with Gasteiger partial charge in [0.15, 0.2) is 0 Å². The molecule has 1 aromatic carbocycles. The Morgan fingerprint density at radius 2 is 2.08 bits per heavy atom. The number of hydrogen-bond donors (Lipinski definition) is 1. The van der Waals surface area contributed by atoms with Gasteiger partial charge < -0.3 is 24.2 Å². The molecule has 0 saturated carbocycles. The summed E-state index contributed by atoms with van der Waals surface area (Å²) in [4.78, 5) is 14.4. The summed E-state index contributed by atoms with van der Waals surface area (Å²) in [6, 6.07) is 5.46. The Morgan fingerprint density at radius 1 is 1.31 bits per heavy atom. The first-order valence-corrected chi connectivity index (χ1v) is 9.27. The first-order chi connectivity index (χ1) is 12.4. The minimum atomic E-state index is -0.735. The highest BCUT2D eigenvalue weighted by molar-refractivity contribution is 5.81. The van der Waals surface area contributed by atoms with E-state index >= 15 is 0 Å². The van der Waals surface area contributed by atoms with Gasteiger partial charge in [-0.1, -0.05) is 19.8 Å². The van der Waals surface area contributed by atoms with E-state index < -0.39 is 5.60 Å². The number of hydrogen-bond acceptors (Lipinski definition) is 5. The van der Waals surface area contributed by atoms with Crippen LogP contribution in [0.1, 0.15) is 38.2 Å². The lowest BCUT2D eigenvalue weighted by Gasteiger charge is -2.47. The zero-order valence-corrected chi connectivity index (χ0v) is 15.9. The van der Waals surface area contributed by atoms with Crippen LogP contribution in [0.25, 0.3) is 0 Å². The fourth-order valence-electron chi connectivity index (χ4n) is 3.98. The van der Waals surface area contributed by atoms with E-state index in [1.807, 2.05) is 18.2 Å². The molecule has 0 radical (unpaired) electrons. The van der Waals surface area contributed by atoms with Crippen LogP contribution in [0.5, 0.6) is 11.5 Å². The number of ether oxygens (including phenoxy) is 3. The molecular formula is C20H29NO5. The van der Waals surface area contributed by atoms with Crippen LogP contribution in [0, 0.1) is 0 Å². The Hall–Kier alpha value is -1.79. The smallest absolute Gasteiger partial charge is 0.227 e. The Morgan fingerprint density at radius 3 is 2.73 bits per heavy atom. The molecule has 3 rings (SSSR count). The molecule has 6 nitrogen and oxygen atoms in total. The van der Waals surface area contributed by atoms with E-state index in [4.69, 9.17) is 14.2 Å². The SMILES string of the molecule is CCCCC1(O)COC2(CN(C(=O)Cc3cc(OC)ccc3OC)C2)C1. The summed E-state index contributed by atoms with van der Waals surface area (Å²) in [6.45, 7) is 3.59. The molecule has 144 valence electrons. The number of nitrogens with zero attached hydrogens (tertiary/aromatic N) is 1. The van der Waals surface area contributed by atoms with Gasteiger partial charge in [-0.2, -0.15) is 0 Å². The van der Waals surface area contributed by atoms with Gasteiger partial charge in [-0.3, -0.25) is 4.79 Å².